The van der Waals surface area contributed by atoms with E-state index < -0.39 is 12.1 Å². The molecule has 1 N–H and O–H groups in total. The lowest BCUT2D eigenvalue weighted by Gasteiger charge is -2.12. The van der Waals surface area contributed by atoms with Gasteiger partial charge in [0.1, 0.15) is 5.75 Å². The van der Waals surface area contributed by atoms with E-state index in [1.807, 2.05) is 0 Å². The predicted molar refractivity (Wildman–Crippen MR) is 65.2 cm³/mol. The van der Waals surface area contributed by atoms with Crippen LogP contribution in [0.2, 0.25) is 0 Å². The molecule has 94 valence electrons. The number of halogens is 1. The number of hydrogen-bond acceptors (Lipinski definition) is 5. The van der Waals surface area contributed by atoms with E-state index in [9.17, 15) is 4.79 Å². The third-order valence-electron chi connectivity index (χ3n) is 2.18. The Bertz CT molecular complexity index is 556. The number of carboxylic acids is 1. The molecule has 0 saturated carbocycles. The van der Waals surface area contributed by atoms with Gasteiger partial charge in [0.15, 0.2) is 6.10 Å². The lowest BCUT2D eigenvalue weighted by molar-refractivity contribution is -0.144. The molecule has 0 aliphatic rings. The van der Waals surface area contributed by atoms with E-state index in [1.165, 1.54) is 13.3 Å². The highest BCUT2D eigenvalue weighted by Crippen LogP contribution is 2.32. The van der Waals surface area contributed by atoms with Crippen molar-refractivity contribution in [2.24, 2.45) is 0 Å². The monoisotopic (exact) mass is 312 g/mol. The van der Waals surface area contributed by atoms with Gasteiger partial charge in [0.2, 0.25) is 6.39 Å². The van der Waals surface area contributed by atoms with Crippen LogP contribution in [0.25, 0.3) is 11.5 Å². The minimum atomic E-state index is -1.05. The molecule has 0 radical (unpaired) electrons. The summed E-state index contributed by atoms with van der Waals surface area (Å²) in [5.41, 5.74) is 0.537. The van der Waals surface area contributed by atoms with Crippen LogP contribution < -0.4 is 4.74 Å². The van der Waals surface area contributed by atoms with Crippen molar-refractivity contribution in [1.82, 2.24) is 10.2 Å². The number of benzene rings is 1. The van der Waals surface area contributed by atoms with E-state index in [0.717, 1.165) is 4.47 Å². The van der Waals surface area contributed by atoms with Crippen LogP contribution in [0.15, 0.2) is 33.5 Å². The van der Waals surface area contributed by atoms with Gasteiger partial charge in [0.25, 0.3) is 5.89 Å². The highest BCUT2D eigenvalue weighted by atomic mass is 79.9. The Morgan fingerprint density at radius 3 is 2.94 bits per heavy atom. The summed E-state index contributed by atoms with van der Waals surface area (Å²) < 4.78 is 11.2. The number of aromatic nitrogens is 2. The Hall–Kier alpha value is -1.89. The molecule has 0 spiro atoms. The van der Waals surface area contributed by atoms with Crippen molar-refractivity contribution in [2.75, 3.05) is 0 Å². The summed E-state index contributed by atoms with van der Waals surface area (Å²) >= 11 is 3.32. The van der Waals surface area contributed by atoms with Crippen LogP contribution in [0.1, 0.15) is 6.92 Å². The molecule has 2 aromatic rings. The molecule has 1 aromatic carbocycles. The third kappa shape index (κ3) is 2.67. The topological polar surface area (TPSA) is 85.5 Å². The molecular weight excluding hydrogens is 304 g/mol. The Morgan fingerprint density at radius 1 is 1.56 bits per heavy atom. The van der Waals surface area contributed by atoms with Crippen LogP contribution in [-0.2, 0) is 4.79 Å². The van der Waals surface area contributed by atoms with Gasteiger partial charge in [-0.1, -0.05) is 15.9 Å². The second-order valence-corrected chi connectivity index (χ2v) is 4.40. The molecule has 0 fully saturated rings. The van der Waals surface area contributed by atoms with Crippen LogP contribution >= 0.6 is 15.9 Å². The van der Waals surface area contributed by atoms with Crippen LogP contribution in [0.3, 0.4) is 0 Å². The van der Waals surface area contributed by atoms with Crippen LogP contribution in [-0.4, -0.2) is 27.4 Å². The van der Waals surface area contributed by atoms with Gasteiger partial charge < -0.3 is 14.3 Å². The normalized spacial score (nSPS) is 12.1. The highest BCUT2D eigenvalue weighted by molar-refractivity contribution is 9.10. The molecule has 1 unspecified atom stereocenters. The molecule has 7 heteroatoms. The summed E-state index contributed by atoms with van der Waals surface area (Å²) in [6.45, 7) is 1.45. The minimum absolute atomic E-state index is 0.267. The summed E-state index contributed by atoms with van der Waals surface area (Å²) in [4.78, 5) is 10.8. The zero-order chi connectivity index (χ0) is 13.1. The average molecular weight is 313 g/mol. The van der Waals surface area contributed by atoms with Crippen LogP contribution in [0, 0.1) is 0 Å². The molecular formula is C11H9BrN2O4. The summed E-state index contributed by atoms with van der Waals surface area (Å²) in [6, 6.07) is 5.10. The van der Waals surface area contributed by atoms with Crippen molar-refractivity contribution in [3.8, 4) is 17.2 Å². The van der Waals surface area contributed by atoms with Gasteiger partial charge in [-0.15, -0.1) is 10.2 Å². The van der Waals surface area contributed by atoms with Gasteiger partial charge in [0, 0.05) is 4.47 Å². The van der Waals surface area contributed by atoms with Crippen molar-refractivity contribution in [3.63, 3.8) is 0 Å². The molecule has 1 atom stereocenters. The standard InChI is InChI=1S/C11H9BrN2O4/c1-6(11(15)16)18-9-3-2-7(12)4-8(9)10-14-13-5-17-10/h2-6H,1H3,(H,15,16). The first-order chi connectivity index (χ1) is 8.58. The molecule has 0 saturated heterocycles. The maximum Gasteiger partial charge on any atom is 0.344 e. The Balaban J connectivity index is 2.38. The number of carbonyl (C=O) groups is 1. The molecule has 1 heterocycles. The second kappa shape index (κ2) is 5.18. The lowest BCUT2D eigenvalue weighted by atomic mass is 10.2. The summed E-state index contributed by atoms with van der Waals surface area (Å²) in [7, 11) is 0. The third-order valence-corrected chi connectivity index (χ3v) is 2.68. The summed E-state index contributed by atoms with van der Waals surface area (Å²) in [5, 5.41) is 16.2. The highest BCUT2D eigenvalue weighted by Gasteiger charge is 2.18. The van der Waals surface area contributed by atoms with Gasteiger partial charge in [-0.2, -0.15) is 0 Å². The first-order valence-corrected chi connectivity index (χ1v) is 5.83. The van der Waals surface area contributed by atoms with Gasteiger partial charge in [-0.3, -0.25) is 0 Å². The molecule has 2 rings (SSSR count). The number of rotatable bonds is 4. The molecule has 0 bridgehead atoms. The van der Waals surface area contributed by atoms with Gasteiger partial charge in [-0.05, 0) is 25.1 Å². The zero-order valence-corrected chi connectivity index (χ0v) is 10.9. The first-order valence-electron chi connectivity index (χ1n) is 5.03. The Kier molecular flexibility index (Phi) is 3.61. The van der Waals surface area contributed by atoms with E-state index in [-0.39, 0.29) is 5.89 Å². The van der Waals surface area contributed by atoms with Crippen molar-refractivity contribution in [3.05, 3.63) is 29.1 Å². The quantitative estimate of drug-likeness (QED) is 0.932. The summed E-state index contributed by atoms with van der Waals surface area (Å²) in [6.07, 6.45) is 0.230. The van der Waals surface area contributed by atoms with Crippen LogP contribution in [0.5, 0.6) is 5.75 Å². The van der Waals surface area contributed by atoms with Crippen molar-refractivity contribution in [2.45, 2.75) is 13.0 Å². The molecule has 18 heavy (non-hydrogen) atoms. The molecule has 0 amide bonds. The Morgan fingerprint density at radius 2 is 2.33 bits per heavy atom. The van der Waals surface area contributed by atoms with Crippen molar-refractivity contribution in [1.29, 1.82) is 0 Å². The second-order valence-electron chi connectivity index (χ2n) is 3.48. The molecule has 1 aromatic heterocycles. The van der Waals surface area contributed by atoms with Gasteiger partial charge in [-0.25, -0.2) is 4.79 Å². The molecule has 0 aliphatic carbocycles. The lowest BCUT2D eigenvalue weighted by Crippen LogP contribution is -2.23. The SMILES string of the molecule is CC(Oc1ccc(Br)cc1-c1nnco1)C(=O)O. The van der Waals surface area contributed by atoms with Crippen molar-refractivity contribution < 1.29 is 19.1 Å². The summed E-state index contributed by atoms with van der Waals surface area (Å²) in [5.74, 6) is -0.407. The number of nitrogens with zero attached hydrogens (tertiary/aromatic N) is 2. The van der Waals surface area contributed by atoms with E-state index in [0.29, 0.717) is 11.3 Å². The number of aliphatic carboxylic acids is 1. The number of hydrogen-bond donors (Lipinski definition) is 1. The minimum Gasteiger partial charge on any atom is -0.479 e. The fourth-order valence-corrected chi connectivity index (χ4v) is 1.66. The van der Waals surface area contributed by atoms with E-state index in [4.69, 9.17) is 14.3 Å². The average Bonchev–Trinajstić information content (AvgIpc) is 2.84. The predicted octanol–water partition coefficient (Wildman–Crippen LogP) is 2.35. The number of carboxylic acid groups (broad SMARTS) is 1. The largest absolute Gasteiger partial charge is 0.479 e. The molecule has 0 aliphatic heterocycles. The van der Waals surface area contributed by atoms with Crippen LogP contribution in [0.4, 0.5) is 0 Å². The van der Waals surface area contributed by atoms with Gasteiger partial charge >= 0.3 is 5.97 Å². The maximum absolute atomic E-state index is 10.8. The Labute approximate surface area is 111 Å². The number of ether oxygens (including phenoxy) is 1. The van der Waals surface area contributed by atoms with E-state index in [1.54, 1.807) is 18.2 Å². The van der Waals surface area contributed by atoms with Crippen molar-refractivity contribution >= 4 is 21.9 Å². The van der Waals surface area contributed by atoms with Gasteiger partial charge in [0.05, 0.1) is 5.56 Å². The fraction of sp³-hybridized carbons (Fsp3) is 0.182. The van der Waals surface area contributed by atoms with E-state index >= 15 is 0 Å². The maximum atomic E-state index is 10.8. The molecule has 6 nitrogen and oxygen atoms in total. The smallest absolute Gasteiger partial charge is 0.344 e. The fourth-order valence-electron chi connectivity index (χ4n) is 1.30. The zero-order valence-electron chi connectivity index (χ0n) is 9.33. The van der Waals surface area contributed by atoms with E-state index in [2.05, 4.69) is 26.1 Å². The first kappa shape index (κ1) is 12.6.